The smallest absolute Gasteiger partial charge is 0.322 e. The number of hydrogen-bond acceptors (Lipinski definition) is 3. The molecular weight excluding hydrogens is 328 g/mol. The van der Waals surface area contributed by atoms with E-state index in [-0.39, 0.29) is 18.0 Å². The Hall–Kier alpha value is -1.79. The van der Waals surface area contributed by atoms with Crippen molar-refractivity contribution in [2.75, 3.05) is 31.6 Å². The monoisotopic (exact) mass is 352 g/mol. The van der Waals surface area contributed by atoms with Crippen molar-refractivity contribution in [3.8, 4) is 0 Å². The van der Waals surface area contributed by atoms with Gasteiger partial charge in [0.2, 0.25) is 0 Å². The van der Waals surface area contributed by atoms with E-state index in [1.807, 2.05) is 0 Å². The molecule has 0 saturated carbocycles. The number of carbonyl (C=O) groups excluding carboxylic acids is 2. The first-order valence-electron chi connectivity index (χ1n) is 8.17. The summed E-state index contributed by atoms with van der Waals surface area (Å²) in [7, 11) is 1.76. The Kier molecular flexibility index (Phi) is 6.07. The lowest BCUT2D eigenvalue weighted by Gasteiger charge is -2.22. The fraction of sp³-hybridized carbons (Fsp3) is 0.529. The SMILES string of the molecule is CC(C)C(N)CCN(C)C(=O)c1ccc(Cl)c(N2CCNC2=O)c1. The Balaban J connectivity index is 2.10. The number of rotatable bonds is 6. The van der Waals surface area contributed by atoms with Crippen molar-refractivity contribution in [1.82, 2.24) is 10.2 Å². The molecule has 1 aliphatic heterocycles. The highest BCUT2D eigenvalue weighted by molar-refractivity contribution is 6.34. The fourth-order valence-electron chi connectivity index (χ4n) is 2.55. The first-order valence-corrected chi connectivity index (χ1v) is 8.55. The number of benzene rings is 1. The van der Waals surface area contributed by atoms with Crippen LogP contribution in [0.15, 0.2) is 18.2 Å². The third kappa shape index (κ3) is 4.19. The third-order valence-corrected chi connectivity index (χ3v) is 4.66. The standard InChI is InChI=1S/C17H25ClN4O2/c1-11(2)14(19)6-8-21(3)16(23)12-4-5-13(18)15(10-12)22-9-7-20-17(22)24/h4-5,10-11,14H,6-9,19H2,1-3H3,(H,20,24). The number of nitrogens with one attached hydrogen (secondary N) is 1. The zero-order valence-corrected chi connectivity index (χ0v) is 15.1. The second-order valence-corrected chi connectivity index (χ2v) is 6.88. The minimum Gasteiger partial charge on any atom is -0.342 e. The Labute approximate surface area is 147 Å². The number of carbonyl (C=O) groups is 2. The van der Waals surface area contributed by atoms with Crippen LogP contribution in [0.4, 0.5) is 10.5 Å². The lowest BCUT2D eigenvalue weighted by molar-refractivity contribution is 0.0789. The molecule has 1 fully saturated rings. The lowest BCUT2D eigenvalue weighted by Crippen LogP contribution is -2.34. The van der Waals surface area contributed by atoms with Crippen molar-refractivity contribution in [2.24, 2.45) is 11.7 Å². The van der Waals surface area contributed by atoms with Gasteiger partial charge in [0.1, 0.15) is 0 Å². The van der Waals surface area contributed by atoms with Crippen LogP contribution in [0.2, 0.25) is 5.02 Å². The predicted molar refractivity (Wildman–Crippen MR) is 96.6 cm³/mol. The van der Waals surface area contributed by atoms with Crippen LogP contribution in [0.25, 0.3) is 0 Å². The van der Waals surface area contributed by atoms with E-state index < -0.39 is 0 Å². The molecule has 3 amide bonds. The maximum atomic E-state index is 12.6. The van der Waals surface area contributed by atoms with Crippen molar-refractivity contribution in [3.63, 3.8) is 0 Å². The fourth-order valence-corrected chi connectivity index (χ4v) is 2.77. The highest BCUT2D eigenvalue weighted by atomic mass is 35.5. The van der Waals surface area contributed by atoms with E-state index in [0.29, 0.717) is 41.8 Å². The molecular formula is C17H25ClN4O2. The Morgan fingerprint density at radius 3 is 2.75 bits per heavy atom. The Morgan fingerprint density at radius 1 is 1.46 bits per heavy atom. The Morgan fingerprint density at radius 2 is 2.17 bits per heavy atom. The highest BCUT2D eigenvalue weighted by Gasteiger charge is 2.24. The van der Waals surface area contributed by atoms with Gasteiger partial charge in [-0.1, -0.05) is 25.4 Å². The molecule has 2 rings (SSSR count). The van der Waals surface area contributed by atoms with E-state index in [2.05, 4.69) is 19.2 Å². The number of anilines is 1. The predicted octanol–water partition coefficient (Wildman–Crippen LogP) is 2.32. The van der Waals surface area contributed by atoms with Gasteiger partial charge in [-0.3, -0.25) is 9.69 Å². The van der Waals surface area contributed by atoms with Crippen molar-refractivity contribution >= 4 is 29.2 Å². The summed E-state index contributed by atoms with van der Waals surface area (Å²) in [5, 5.41) is 3.18. The van der Waals surface area contributed by atoms with Gasteiger partial charge in [-0.15, -0.1) is 0 Å². The van der Waals surface area contributed by atoms with Crippen LogP contribution in [0.5, 0.6) is 0 Å². The van der Waals surface area contributed by atoms with Crippen LogP contribution in [0.1, 0.15) is 30.6 Å². The van der Waals surface area contributed by atoms with Crippen molar-refractivity contribution < 1.29 is 9.59 Å². The number of amides is 3. The van der Waals surface area contributed by atoms with Crippen LogP contribution in [0, 0.1) is 5.92 Å². The minimum absolute atomic E-state index is 0.0642. The molecule has 1 unspecified atom stereocenters. The first kappa shape index (κ1) is 18.5. The summed E-state index contributed by atoms with van der Waals surface area (Å²) in [5.41, 5.74) is 7.11. The van der Waals surface area contributed by atoms with E-state index in [1.54, 1.807) is 35.0 Å². The Bertz CT molecular complexity index is 621. The largest absolute Gasteiger partial charge is 0.342 e. The minimum atomic E-state index is -0.197. The molecule has 1 aliphatic rings. The van der Waals surface area contributed by atoms with Gasteiger partial charge in [0, 0.05) is 38.3 Å². The maximum absolute atomic E-state index is 12.6. The van der Waals surface area contributed by atoms with Crippen molar-refractivity contribution in [3.05, 3.63) is 28.8 Å². The summed E-state index contributed by atoms with van der Waals surface area (Å²) in [6.45, 7) is 5.83. The normalized spacial score (nSPS) is 15.6. The van der Waals surface area contributed by atoms with Gasteiger partial charge in [-0.25, -0.2) is 4.79 Å². The van der Waals surface area contributed by atoms with E-state index in [1.165, 1.54) is 0 Å². The van der Waals surface area contributed by atoms with Crippen LogP contribution < -0.4 is 16.0 Å². The third-order valence-electron chi connectivity index (χ3n) is 4.34. The number of halogens is 1. The van der Waals surface area contributed by atoms with Crippen LogP contribution in [0.3, 0.4) is 0 Å². The van der Waals surface area contributed by atoms with Gasteiger partial charge < -0.3 is 16.0 Å². The second-order valence-electron chi connectivity index (χ2n) is 6.47. The molecule has 24 heavy (non-hydrogen) atoms. The molecule has 0 aromatic heterocycles. The summed E-state index contributed by atoms with van der Waals surface area (Å²) in [6, 6.07) is 4.88. The summed E-state index contributed by atoms with van der Waals surface area (Å²) in [5.74, 6) is 0.271. The number of urea groups is 1. The summed E-state index contributed by atoms with van der Waals surface area (Å²) in [6.07, 6.45) is 0.745. The topological polar surface area (TPSA) is 78.7 Å². The molecule has 3 N–H and O–H groups in total. The van der Waals surface area contributed by atoms with Crippen molar-refractivity contribution in [1.29, 1.82) is 0 Å². The molecule has 1 aromatic carbocycles. The van der Waals surface area contributed by atoms with Crippen molar-refractivity contribution in [2.45, 2.75) is 26.3 Å². The van der Waals surface area contributed by atoms with Gasteiger partial charge in [0.15, 0.2) is 0 Å². The molecule has 0 aliphatic carbocycles. The van der Waals surface area contributed by atoms with Gasteiger partial charge in [-0.05, 0) is 30.5 Å². The van der Waals surface area contributed by atoms with Crippen LogP contribution in [-0.4, -0.2) is 49.6 Å². The van der Waals surface area contributed by atoms with E-state index >= 15 is 0 Å². The number of hydrogen-bond donors (Lipinski definition) is 2. The average Bonchev–Trinajstić information content (AvgIpc) is 2.97. The molecule has 7 heteroatoms. The first-order chi connectivity index (χ1) is 11.3. The molecule has 132 valence electrons. The molecule has 0 radical (unpaired) electrons. The van der Waals surface area contributed by atoms with Gasteiger partial charge in [0.05, 0.1) is 10.7 Å². The van der Waals surface area contributed by atoms with E-state index in [0.717, 1.165) is 6.42 Å². The second kappa shape index (κ2) is 7.85. The maximum Gasteiger partial charge on any atom is 0.322 e. The molecule has 0 bridgehead atoms. The zero-order valence-electron chi connectivity index (χ0n) is 14.4. The quantitative estimate of drug-likeness (QED) is 0.824. The summed E-state index contributed by atoms with van der Waals surface area (Å²) >= 11 is 6.20. The lowest BCUT2D eigenvalue weighted by atomic mass is 10.0. The molecule has 6 nitrogen and oxygen atoms in total. The molecule has 0 spiro atoms. The summed E-state index contributed by atoms with van der Waals surface area (Å²) in [4.78, 5) is 27.6. The van der Waals surface area contributed by atoms with Gasteiger partial charge >= 0.3 is 6.03 Å². The number of nitrogens with two attached hydrogens (primary N) is 1. The summed E-state index contributed by atoms with van der Waals surface area (Å²) < 4.78 is 0. The zero-order chi connectivity index (χ0) is 17.9. The average molecular weight is 353 g/mol. The van der Waals surface area contributed by atoms with Crippen LogP contribution in [-0.2, 0) is 0 Å². The van der Waals surface area contributed by atoms with Gasteiger partial charge in [0.25, 0.3) is 5.91 Å². The number of nitrogens with zero attached hydrogens (tertiary/aromatic N) is 2. The van der Waals surface area contributed by atoms with E-state index in [4.69, 9.17) is 17.3 Å². The molecule has 1 aromatic rings. The molecule has 1 atom stereocenters. The van der Waals surface area contributed by atoms with E-state index in [9.17, 15) is 9.59 Å². The molecule has 1 saturated heterocycles. The highest BCUT2D eigenvalue weighted by Crippen LogP contribution is 2.28. The van der Waals surface area contributed by atoms with Gasteiger partial charge in [-0.2, -0.15) is 0 Å². The molecule has 1 heterocycles. The van der Waals surface area contributed by atoms with Crippen LogP contribution >= 0.6 is 11.6 Å².